The van der Waals surface area contributed by atoms with Gasteiger partial charge in [-0.1, -0.05) is 13.3 Å². The molecule has 0 aromatic rings. The number of likely N-dealkylation sites (tertiary alicyclic amines) is 1. The summed E-state index contributed by atoms with van der Waals surface area (Å²) < 4.78 is 0. The number of carboxylic acids is 1. The highest BCUT2D eigenvalue weighted by molar-refractivity contribution is 5.80. The van der Waals surface area contributed by atoms with Crippen molar-refractivity contribution in [1.82, 2.24) is 15.5 Å². The second kappa shape index (κ2) is 8.49. The molecule has 0 bridgehead atoms. The first-order chi connectivity index (χ1) is 9.97. The summed E-state index contributed by atoms with van der Waals surface area (Å²) in [6.45, 7) is 3.31. The van der Waals surface area contributed by atoms with E-state index in [1.807, 2.05) is 6.92 Å². The average molecular weight is 299 g/mol. The van der Waals surface area contributed by atoms with Crippen LogP contribution in [-0.4, -0.2) is 54.6 Å². The molecular weight excluding hydrogens is 274 g/mol. The van der Waals surface area contributed by atoms with Gasteiger partial charge in [0, 0.05) is 33.1 Å². The van der Waals surface area contributed by atoms with Crippen molar-refractivity contribution in [2.45, 2.75) is 32.6 Å². The number of carboxylic acid groups (broad SMARTS) is 1. The van der Waals surface area contributed by atoms with Crippen molar-refractivity contribution in [3.8, 4) is 0 Å². The third-order valence-electron chi connectivity index (χ3n) is 3.91. The summed E-state index contributed by atoms with van der Waals surface area (Å²) in [6, 6.07) is -0.215. The van der Waals surface area contributed by atoms with Crippen LogP contribution in [0.2, 0.25) is 0 Å². The fourth-order valence-electron chi connectivity index (χ4n) is 2.53. The van der Waals surface area contributed by atoms with E-state index < -0.39 is 5.97 Å². The number of hydrogen-bond donors (Lipinski definition) is 3. The van der Waals surface area contributed by atoms with E-state index in [0.717, 1.165) is 12.8 Å². The maximum absolute atomic E-state index is 12.1. The van der Waals surface area contributed by atoms with Gasteiger partial charge in [0.15, 0.2) is 0 Å². The quantitative estimate of drug-likeness (QED) is 0.671. The van der Waals surface area contributed by atoms with Crippen LogP contribution in [-0.2, 0) is 9.59 Å². The van der Waals surface area contributed by atoms with E-state index in [9.17, 15) is 14.4 Å². The first-order valence-corrected chi connectivity index (χ1v) is 7.44. The van der Waals surface area contributed by atoms with Crippen LogP contribution >= 0.6 is 0 Å². The van der Waals surface area contributed by atoms with Gasteiger partial charge in [-0.15, -0.1) is 0 Å². The summed E-state index contributed by atoms with van der Waals surface area (Å²) >= 11 is 0. The smallest absolute Gasteiger partial charge is 0.317 e. The van der Waals surface area contributed by atoms with Gasteiger partial charge in [0.25, 0.3) is 0 Å². The van der Waals surface area contributed by atoms with E-state index >= 15 is 0 Å². The summed E-state index contributed by atoms with van der Waals surface area (Å²) in [5.41, 5.74) is 0. The number of hydrogen-bond acceptors (Lipinski definition) is 3. The van der Waals surface area contributed by atoms with Gasteiger partial charge >= 0.3 is 12.0 Å². The largest absolute Gasteiger partial charge is 0.481 e. The van der Waals surface area contributed by atoms with Crippen molar-refractivity contribution in [2.75, 3.05) is 26.7 Å². The lowest BCUT2D eigenvalue weighted by atomic mass is 9.97. The fourth-order valence-corrected chi connectivity index (χ4v) is 2.53. The number of amides is 3. The van der Waals surface area contributed by atoms with Crippen LogP contribution in [0.1, 0.15) is 32.6 Å². The average Bonchev–Trinajstić information content (AvgIpc) is 2.49. The highest BCUT2D eigenvalue weighted by atomic mass is 16.4. The second-order valence-electron chi connectivity index (χ2n) is 5.46. The second-order valence-corrected chi connectivity index (χ2v) is 5.46. The monoisotopic (exact) mass is 299 g/mol. The number of rotatable bonds is 6. The summed E-state index contributed by atoms with van der Waals surface area (Å²) in [7, 11) is 1.60. The lowest BCUT2D eigenvalue weighted by Gasteiger charge is -2.32. The first-order valence-electron chi connectivity index (χ1n) is 7.44. The number of nitrogens with zero attached hydrogens (tertiary/aromatic N) is 1. The third-order valence-corrected chi connectivity index (χ3v) is 3.91. The van der Waals surface area contributed by atoms with E-state index in [2.05, 4.69) is 10.6 Å². The van der Waals surface area contributed by atoms with Crippen molar-refractivity contribution >= 4 is 17.9 Å². The van der Waals surface area contributed by atoms with Gasteiger partial charge in [-0.25, -0.2) is 4.79 Å². The molecule has 2 unspecified atom stereocenters. The zero-order chi connectivity index (χ0) is 15.8. The normalized spacial score (nSPS) is 19.7. The molecule has 0 aromatic heterocycles. The Hall–Kier alpha value is -1.79. The van der Waals surface area contributed by atoms with Gasteiger partial charge in [0.05, 0.1) is 5.92 Å². The van der Waals surface area contributed by atoms with E-state index in [1.165, 1.54) is 0 Å². The molecule has 1 aliphatic rings. The number of carbonyl (C=O) groups excluding carboxylic acids is 2. The standard InChI is InChI=1S/C14H25N3O4/c1-3-10(7-12(18)19)8-16-14(21)17-6-4-5-11(9-17)13(20)15-2/h10-11H,3-9H2,1-2H3,(H,15,20)(H,16,21)(H,18,19). The molecule has 0 spiro atoms. The van der Waals surface area contributed by atoms with Crippen molar-refractivity contribution < 1.29 is 19.5 Å². The van der Waals surface area contributed by atoms with Gasteiger partial charge in [-0.3, -0.25) is 9.59 Å². The Balaban J connectivity index is 2.43. The van der Waals surface area contributed by atoms with E-state index in [-0.39, 0.29) is 30.2 Å². The fraction of sp³-hybridized carbons (Fsp3) is 0.786. The van der Waals surface area contributed by atoms with Crippen molar-refractivity contribution in [3.63, 3.8) is 0 Å². The van der Waals surface area contributed by atoms with Gasteiger partial charge < -0.3 is 20.6 Å². The molecule has 21 heavy (non-hydrogen) atoms. The number of nitrogens with one attached hydrogen (secondary N) is 2. The van der Waals surface area contributed by atoms with Crippen LogP contribution in [0, 0.1) is 11.8 Å². The van der Waals surface area contributed by atoms with E-state index in [1.54, 1.807) is 11.9 Å². The summed E-state index contributed by atoms with van der Waals surface area (Å²) in [5, 5.41) is 14.2. The SMILES string of the molecule is CCC(CNC(=O)N1CCCC(C(=O)NC)C1)CC(=O)O. The summed E-state index contributed by atoms with van der Waals surface area (Å²) in [5.74, 6) is -1.11. The summed E-state index contributed by atoms with van der Waals surface area (Å²) in [6.07, 6.45) is 2.35. The molecule has 0 aromatic carbocycles. The molecule has 3 N–H and O–H groups in total. The van der Waals surface area contributed by atoms with E-state index in [4.69, 9.17) is 5.11 Å². The lowest BCUT2D eigenvalue weighted by Crippen LogP contribution is -2.49. The molecule has 2 atom stereocenters. The molecule has 0 saturated carbocycles. The predicted octanol–water partition coefficient (Wildman–Crippen LogP) is 0.655. The maximum atomic E-state index is 12.1. The van der Waals surface area contributed by atoms with Crippen LogP contribution in [0.4, 0.5) is 4.79 Å². The number of urea groups is 1. The molecule has 120 valence electrons. The van der Waals surface area contributed by atoms with Gasteiger partial charge in [0.2, 0.25) is 5.91 Å². The topological polar surface area (TPSA) is 98.7 Å². The van der Waals surface area contributed by atoms with Crippen LogP contribution in [0.25, 0.3) is 0 Å². The lowest BCUT2D eigenvalue weighted by molar-refractivity contribution is -0.138. The van der Waals surface area contributed by atoms with E-state index in [0.29, 0.717) is 26.1 Å². The van der Waals surface area contributed by atoms with Gasteiger partial charge in [-0.2, -0.15) is 0 Å². The molecule has 3 amide bonds. The molecule has 1 fully saturated rings. The molecule has 0 radical (unpaired) electrons. The zero-order valence-corrected chi connectivity index (χ0v) is 12.7. The molecular formula is C14H25N3O4. The van der Waals surface area contributed by atoms with Crippen LogP contribution in [0.3, 0.4) is 0 Å². The number of piperidine rings is 1. The van der Waals surface area contributed by atoms with Crippen LogP contribution in [0.15, 0.2) is 0 Å². The first kappa shape index (κ1) is 17.3. The van der Waals surface area contributed by atoms with Crippen LogP contribution < -0.4 is 10.6 Å². The Morgan fingerprint density at radius 1 is 1.38 bits per heavy atom. The number of carbonyl (C=O) groups is 3. The molecule has 7 nitrogen and oxygen atoms in total. The minimum Gasteiger partial charge on any atom is -0.481 e. The predicted molar refractivity (Wildman–Crippen MR) is 77.8 cm³/mol. The highest BCUT2D eigenvalue weighted by Crippen LogP contribution is 2.16. The molecule has 0 aliphatic carbocycles. The highest BCUT2D eigenvalue weighted by Gasteiger charge is 2.28. The zero-order valence-electron chi connectivity index (χ0n) is 12.7. The maximum Gasteiger partial charge on any atom is 0.317 e. The Labute approximate surface area is 125 Å². The Morgan fingerprint density at radius 3 is 2.67 bits per heavy atom. The Kier molecular flexibility index (Phi) is 6.98. The molecule has 1 saturated heterocycles. The molecule has 1 heterocycles. The molecule has 1 aliphatic heterocycles. The van der Waals surface area contributed by atoms with Crippen LogP contribution in [0.5, 0.6) is 0 Å². The Morgan fingerprint density at radius 2 is 2.10 bits per heavy atom. The Bertz CT molecular complexity index is 386. The molecule has 7 heteroatoms. The summed E-state index contributed by atoms with van der Waals surface area (Å²) in [4.78, 5) is 36.1. The van der Waals surface area contributed by atoms with Crippen molar-refractivity contribution in [3.05, 3.63) is 0 Å². The van der Waals surface area contributed by atoms with Crippen molar-refractivity contribution in [2.24, 2.45) is 11.8 Å². The minimum atomic E-state index is -0.853. The minimum absolute atomic E-state index is 0.0372. The number of aliphatic carboxylic acids is 1. The van der Waals surface area contributed by atoms with Crippen molar-refractivity contribution in [1.29, 1.82) is 0 Å². The molecule has 1 rings (SSSR count). The van der Waals surface area contributed by atoms with Gasteiger partial charge in [0.1, 0.15) is 0 Å². The third kappa shape index (κ3) is 5.61. The van der Waals surface area contributed by atoms with Gasteiger partial charge in [-0.05, 0) is 18.8 Å².